The minimum Gasteiger partial charge on any atom is -0.384 e. The second-order valence-electron chi connectivity index (χ2n) is 5.18. The number of rotatable bonds is 6. The summed E-state index contributed by atoms with van der Waals surface area (Å²) in [5.74, 6) is -0.0338. The molecule has 132 valence electrons. The van der Waals surface area contributed by atoms with Crippen LogP contribution in [0, 0.1) is 10.8 Å². The van der Waals surface area contributed by atoms with Gasteiger partial charge in [-0.2, -0.15) is 10.2 Å². The van der Waals surface area contributed by atoms with Crippen molar-refractivity contribution in [1.82, 2.24) is 5.43 Å². The number of hydrogen-bond acceptors (Lipinski definition) is 5. The molecule has 9 heteroatoms. The van der Waals surface area contributed by atoms with Crippen molar-refractivity contribution < 1.29 is 0 Å². The quantitative estimate of drug-likeness (QED) is 0.253. The molecule has 0 aliphatic heterocycles. The molecule has 0 saturated heterocycles. The fourth-order valence-corrected chi connectivity index (χ4v) is 1.93. The highest BCUT2D eigenvalue weighted by molar-refractivity contribution is 5.97. The van der Waals surface area contributed by atoms with Gasteiger partial charge in [0.25, 0.3) is 0 Å². The van der Waals surface area contributed by atoms with E-state index < -0.39 is 0 Å². The first-order valence-electron chi connectivity index (χ1n) is 7.50. The van der Waals surface area contributed by atoms with E-state index in [4.69, 9.17) is 28.0 Å². The van der Waals surface area contributed by atoms with Crippen LogP contribution in [0.25, 0.3) is 0 Å². The number of nitrogens with two attached hydrogens (primary N) is 3. The highest BCUT2D eigenvalue weighted by Crippen LogP contribution is 2.03. The molecular formula is C17H19N9. The Hall–Kier alpha value is -4.01. The van der Waals surface area contributed by atoms with Gasteiger partial charge in [0.1, 0.15) is 11.7 Å². The highest BCUT2D eigenvalue weighted by Gasteiger charge is 1.97. The summed E-state index contributed by atoms with van der Waals surface area (Å²) in [6.07, 6.45) is 3.01. The fraction of sp³-hybridized carbons (Fsp3) is 0. The number of nitrogens with one attached hydrogen (secondary N) is 3. The van der Waals surface area contributed by atoms with Gasteiger partial charge in [0.05, 0.1) is 12.4 Å². The zero-order chi connectivity index (χ0) is 18.9. The maximum absolute atomic E-state index is 7.40. The summed E-state index contributed by atoms with van der Waals surface area (Å²) in [6.45, 7) is 0. The summed E-state index contributed by atoms with van der Waals surface area (Å²) >= 11 is 0. The van der Waals surface area contributed by atoms with Crippen LogP contribution in [-0.4, -0.2) is 30.1 Å². The molecule has 9 N–H and O–H groups in total. The van der Waals surface area contributed by atoms with Crippen LogP contribution >= 0.6 is 0 Å². The van der Waals surface area contributed by atoms with Gasteiger partial charge in [-0.15, -0.1) is 5.10 Å². The Bertz CT molecular complexity index is 897. The SMILES string of the molecule is N=C(N)c1cccc(/C=N/N=C(\N)N/N=C/c2cccc(C(=N)N)c2)c1. The Morgan fingerprint density at radius 1 is 0.846 bits per heavy atom. The van der Waals surface area contributed by atoms with Crippen molar-refractivity contribution in [2.24, 2.45) is 32.5 Å². The van der Waals surface area contributed by atoms with Crippen molar-refractivity contribution in [2.45, 2.75) is 0 Å². The van der Waals surface area contributed by atoms with Crippen LogP contribution < -0.4 is 22.6 Å². The van der Waals surface area contributed by atoms with E-state index in [-0.39, 0.29) is 17.6 Å². The molecule has 0 spiro atoms. The third-order valence-corrected chi connectivity index (χ3v) is 3.16. The lowest BCUT2D eigenvalue weighted by Gasteiger charge is -2.00. The number of nitrogen functional groups attached to an aromatic ring is 2. The van der Waals surface area contributed by atoms with E-state index in [0.717, 1.165) is 11.1 Å². The van der Waals surface area contributed by atoms with Crippen molar-refractivity contribution >= 4 is 30.1 Å². The molecule has 2 aromatic rings. The van der Waals surface area contributed by atoms with Gasteiger partial charge < -0.3 is 17.2 Å². The summed E-state index contributed by atoms with van der Waals surface area (Å²) in [5.41, 5.74) is 21.8. The molecule has 0 fully saturated rings. The molecule has 2 rings (SSSR count). The number of benzene rings is 2. The predicted molar refractivity (Wildman–Crippen MR) is 105 cm³/mol. The fourth-order valence-electron chi connectivity index (χ4n) is 1.93. The van der Waals surface area contributed by atoms with E-state index in [0.29, 0.717) is 11.1 Å². The molecule has 0 aliphatic carbocycles. The topological polar surface area (TPSA) is 175 Å². The zero-order valence-corrected chi connectivity index (χ0v) is 13.8. The first kappa shape index (κ1) is 18.3. The Kier molecular flexibility index (Phi) is 6.16. The molecule has 2 aromatic carbocycles. The van der Waals surface area contributed by atoms with Crippen LogP contribution in [0.4, 0.5) is 0 Å². The van der Waals surface area contributed by atoms with E-state index in [1.54, 1.807) is 42.5 Å². The Morgan fingerprint density at radius 2 is 1.38 bits per heavy atom. The summed E-state index contributed by atoms with van der Waals surface area (Å²) in [6, 6.07) is 14.1. The molecule has 0 heterocycles. The van der Waals surface area contributed by atoms with Gasteiger partial charge in [0.15, 0.2) is 0 Å². The van der Waals surface area contributed by atoms with E-state index in [1.165, 1.54) is 12.4 Å². The van der Waals surface area contributed by atoms with Crippen molar-refractivity contribution in [1.29, 1.82) is 10.8 Å². The summed E-state index contributed by atoms with van der Waals surface area (Å²) < 4.78 is 0. The van der Waals surface area contributed by atoms with Crippen LogP contribution in [-0.2, 0) is 0 Å². The Morgan fingerprint density at radius 3 is 1.92 bits per heavy atom. The molecule has 0 bridgehead atoms. The van der Waals surface area contributed by atoms with Crippen LogP contribution in [0.5, 0.6) is 0 Å². The minimum atomic E-state index is -0.0203. The maximum Gasteiger partial charge on any atom is 0.234 e. The van der Waals surface area contributed by atoms with Crippen molar-refractivity contribution in [3.63, 3.8) is 0 Å². The normalized spacial score (nSPS) is 11.8. The smallest absolute Gasteiger partial charge is 0.234 e. The van der Waals surface area contributed by atoms with Gasteiger partial charge >= 0.3 is 0 Å². The average molecular weight is 349 g/mol. The third kappa shape index (κ3) is 5.57. The van der Waals surface area contributed by atoms with Gasteiger partial charge in [-0.3, -0.25) is 10.8 Å². The van der Waals surface area contributed by atoms with Crippen molar-refractivity contribution in [3.8, 4) is 0 Å². The maximum atomic E-state index is 7.40. The molecule has 0 atom stereocenters. The number of hydrazone groups is 1. The standard InChI is InChI=1S/C17H19N9/c18-15(19)13-5-1-3-11(7-13)9-23-25-17(22)26-24-10-12-4-2-6-14(8-12)16(20)21/h1-10H,(H3,18,19)(H3,20,21)(H3,22,25,26)/b23-9+,24-10+. The largest absolute Gasteiger partial charge is 0.384 e. The van der Waals surface area contributed by atoms with Gasteiger partial charge in [-0.05, 0) is 23.3 Å². The number of nitrogens with zero attached hydrogens (tertiary/aromatic N) is 3. The second-order valence-corrected chi connectivity index (χ2v) is 5.18. The molecule has 0 radical (unpaired) electrons. The summed E-state index contributed by atoms with van der Waals surface area (Å²) in [7, 11) is 0. The van der Waals surface area contributed by atoms with Gasteiger partial charge in [-0.25, -0.2) is 5.43 Å². The molecule has 0 unspecified atom stereocenters. The van der Waals surface area contributed by atoms with Crippen molar-refractivity contribution in [3.05, 3.63) is 70.8 Å². The highest BCUT2D eigenvalue weighted by atomic mass is 15.4. The van der Waals surface area contributed by atoms with E-state index in [2.05, 4.69) is 20.7 Å². The minimum absolute atomic E-state index is 0.00273. The molecular weight excluding hydrogens is 330 g/mol. The predicted octanol–water partition coefficient (Wildman–Crippen LogP) is 0.527. The lowest BCUT2D eigenvalue weighted by atomic mass is 10.1. The van der Waals surface area contributed by atoms with Crippen LogP contribution in [0.1, 0.15) is 22.3 Å². The van der Waals surface area contributed by atoms with Gasteiger partial charge in [-0.1, -0.05) is 36.4 Å². The van der Waals surface area contributed by atoms with Crippen LogP contribution in [0.2, 0.25) is 0 Å². The first-order chi connectivity index (χ1) is 12.5. The summed E-state index contributed by atoms with van der Waals surface area (Å²) in [5, 5.41) is 26.4. The number of hydrogen-bond donors (Lipinski definition) is 6. The van der Waals surface area contributed by atoms with Gasteiger partial charge in [0.2, 0.25) is 5.96 Å². The average Bonchev–Trinajstić information content (AvgIpc) is 2.62. The Balaban J connectivity index is 1.96. The van der Waals surface area contributed by atoms with Crippen LogP contribution in [0.15, 0.2) is 63.8 Å². The van der Waals surface area contributed by atoms with Crippen molar-refractivity contribution in [2.75, 3.05) is 0 Å². The van der Waals surface area contributed by atoms with E-state index >= 15 is 0 Å². The second kappa shape index (κ2) is 8.73. The molecule has 9 nitrogen and oxygen atoms in total. The molecule has 0 aliphatic rings. The molecule has 26 heavy (non-hydrogen) atoms. The third-order valence-electron chi connectivity index (χ3n) is 3.16. The first-order valence-corrected chi connectivity index (χ1v) is 7.50. The zero-order valence-electron chi connectivity index (χ0n) is 13.8. The summed E-state index contributed by atoms with van der Waals surface area (Å²) in [4.78, 5) is 0. The molecule has 0 amide bonds. The monoisotopic (exact) mass is 349 g/mol. The number of amidine groups is 2. The van der Waals surface area contributed by atoms with Gasteiger partial charge in [0, 0.05) is 11.1 Å². The Labute approximate surface area is 150 Å². The lowest BCUT2D eigenvalue weighted by molar-refractivity contribution is 0.994. The molecule has 0 aromatic heterocycles. The van der Waals surface area contributed by atoms with E-state index in [1.807, 2.05) is 6.07 Å². The lowest BCUT2D eigenvalue weighted by Crippen LogP contribution is -2.26. The molecule has 0 saturated carbocycles. The van der Waals surface area contributed by atoms with Crippen LogP contribution in [0.3, 0.4) is 0 Å². The number of guanidine groups is 1. The van der Waals surface area contributed by atoms with E-state index in [9.17, 15) is 0 Å².